The minimum Gasteiger partial charge on any atom is -0.382 e. The van der Waals surface area contributed by atoms with Crippen LogP contribution in [0.4, 0.5) is 0 Å². The Morgan fingerprint density at radius 3 is 1.41 bits per heavy atom. The molecule has 0 bridgehead atoms. The third kappa shape index (κ3) is 16.4. The summed E-state index contributed by atoms with van der Waals surface area (Å²) in [4.78, 5) is 0. The summed E-state index contributed by atoms with van der Waals surface area (Å²) >= 11 is 3.16. The lowest BCUT2D eigenvalue weighted by Gasteiger charge is -2.03. The van der Waals surface area contributed by atoms with Gasteiger partial charge in [0.15, 0.2) is 0 Å². The van der Waals surface area contributed by atoms with Crippen molar-refractivity contribution in [3.8, 4) is 0 Å². The normalized spacial score (nSPS) is 12.9. The highest BCUT2D eigenvalue weighted by Gasteiger charge is 1.97. The lowest BCUT2D eigenvalue weighted by Crippen LogP contribution is -1.93. The molecule has 0 aliphatic rings. The summed E-state index contributed by atoms with van der Waals surface area (Å²) in [6.07, 6.45) is 17.4. The van der Waals surface area contributed by atoms with E-state index < -0.39 is 0 Å². The van der Waals surface area contributed by atoms with Gasteiger partial charge >= 0.3 is 0 Å². The standard InChI is InChI=1S/C15H31BrO/c1-2-3-4-5-6-7-8-9-10-11-12-13-14-15(16)17/h15,17H,2-14H2,1H3. The van der Waals surface area contributed by atoms with Crippen LogP contribution in [0, 0.1) is 0 Å². The van der Waals surface area contributed by atoms with E-state index in [1.807, 2.05) is 0 Å². The third-order valence-electron chi connectivity index (χ3n) is 3.30. The van der Waals surface area contributed by atoms with E-state index in [0.717, 1.165) is 12.8 Å². The van der Waals surface area contributed by atoms with Crippen LogP contribution in [0.2, 0.25) is 0 Å². The predicted molar refractivity (Wildman–Crippen MR) is 80.6 cm³/mol. The minimum absolute atomic E-state index is 0.286. The van der Waals surface area contributed by atoms with Crippen LogP contribution in [0.15, 0.2) is 0 Å². The molecule has 1 nitrogen and oxygen atoms in total. The van der Waals surface area contributed by atoms with Gasteiger partial charge in [0, 0.05) is 0 Å². The second-order valence-electron chi connectivity index (χ2n) is 5.11. The molecule has 1 N–H and O–H groups in total. The van der Waals surface area contributed by atoms with Crippen molar-refractivity contribution in [2.24, 2.45) is 0 Å². The summed E-state index contributed by atoms with van der Waals surface area (Å²) in [5, 5.41) is 8.74. The van der Waals surface area contributed by atoms with E-state index in [0.29, 0.717) is 0 Å². The first kappa shape index (κ1) is 17.4. The molecule has 0 aromatic rings. The van der Waals surface area contributed by atoms with Crippen molar-refractivity contribution < 1.29 is 5.11 Å². The molecular weight excluding hydrogens is 276 g/mol. The molecule has 0 aliphatic carbocycles. The van der Waals surface area contributed by atoms with Gasteiger partial charge in [-0.2, -0.15) is 0 Å². The molecule has 0 saturated carbocycles. The molecule has 0 aromatic heterocycles. The number of alkyl halides is 1. The zero-order chi connectivity index (χ0) is 12.8. The Morgan fingerprint density at radius 2 is 1.06 bits per heavy atom. The van der Waals surface area contributed by atoms with E-state index in [1.54, 1.807) is 0 Å². The van der Waals surface area contributed by atoms with Gasteiger partial charge in [-0.25, -0.2) is 0 Å². The quantitative estimate of drug-likeness (QED) is 0.337. The van der Waals surface area contributed by atoms with Crippen LogP contribution >= 0.6 is 15.9 Å². The fraction of sp³-hybridized carbons (Fsp3) is 1.00. The fourth-order valence-corrected chi connectivity index (χ4v) is 2.48. The Morgan fingerprint density at radius 1 is 0.706 bits per heavy atom. The summed E-state index contributed by atoms with van der Waals surface area (Å²) in [5.41, 5.74) is 0. The first-order valence-electron chi connectivity index (χ1n) is 7.59. The van der Waals surface area contributed by atoms with Crippen LogP contribution < -0.4 is 0 Å². The number of rotatable bonds is 13. The zero-order valence-corrected chi connectivity index (χ0v) is 13.2. The van der Waals surface area contributed by atoms with Gasteiger partial charge in [-0.3, -0.25) is 0 Å². The highest BCUT2D eigenvalue weighted by molar-refractivity contribution is 9.09. The molecule has 0 saturated heterocycles. The van der Waals surface area contributed by atoms with E-state index in [1.165, 1.54) is 70.6 Å². The molecular formula is C15H31BrO. The van der Waals surface area contributed by atoms with E-state index >= 15 is 0 Å². The molecule has 0 amide bonds. The van der Waals surface area contributed by atoms with Gasteiger partial charge in [-0.15, -0.1) is 0 Å². The van der Waals surface area contributed by atoms with Crippen LogP contribution in [0.25, 0.3) is 0 Å². The molecule has 0 aromatic carbocycles. The number of aliphatic hydroxyl groups excluding tert-OH is 1. The maximum atomic E-state index is 9.03. The van der Waals surface area contributed by atoms with Gasteiger partial charge in [-0.05, 0) is 12.8 Å². The van der Waals surface area contributed by atoms with Gasteiger partial charge in [0.05, 0.1) is 0 Å². The highest BCUT2D eigenvalue weighted by atomic mass is 79.9. The lowest BCUT2D eigenvalue weighted by atomic mass is 10.0. The summed E-state index contributed by atoms with van der Waals surface area (Å²) in [6, 6.07) is 0. The van der Waals surface area contributed by atoms with Gasteiger partial charge in [0.1, 0.15) is 5.01 Å². The average molecular weight is 307 g/mol. The van der Waals surface area contributed by atoms with E-state index in [4.69, 9.17) is 5.11 Å². The lowest BCUT2D eigenvalue weighted by molar-refractivity contribution is 0.254. The molecule has 0 radical (unpaired) electrons. The van der Waals surface area contributed by atoms with Crippen LogP contribution in [0.5, 0.6) is 0 Å². The second-order valence-corrected chi connectivity index (χ2v) is 6.17. The van der Waals surface area contributed by atoms with Crippen molar-refractivity contribution in [1.29, 1.82) is 0 Å². The molecule has 2 heteroatoms. The van der Waals surface area contributed by atoms with Crippen molar-refractivity contribution in [2.45, 2.75) is 95.4 Å². The van der Waals surface area contributed by atoms with Crippen molar-refractivity contribution in [3.63, 3.8) is 0 Å². The largest absolute Gasteiger partial charge is 0.382 e. The Kier molecular flexibility index (Phi) is 14.9. The predicted octanol–water partition coefficient (Wildman–Crippen LogP) is 5.79. The minimum atomic E-state index is -0.286. The van der Waals surface area contributed by atoms with E-state index in [9.17, 15) is 0 Å². The molecule has 0 heterocycles. The fourth-order valence-electron chi connectivity index (χ4n) is 2.15. The third-order valence-corrected chi connectivity index (χ3v) is 3.75. The Hall–Kier alpha value is 0.440. The molecule has 1 atom stereocenters. The molecule has 17 heavy (non-hydrogen) atoms. The van der Waals surface area contributed by atoms with Crippen molar-refractivity contribution >= 4 is 15.9 Å². The van der Waals surface area contributed by atoms with Gasteiger partial charge in [0.2, 0.25) is 0 Å². The van der Waals surface area contributed by atoms with Crippen molar-refractivity contribution in [2.75, 3.05) is 0 Å². The summed E-state index contributed by atoms with van der Waals surface area (Å²) in [7, 11) is 0. The number of halogens is 1. The molecule has 104 valence electrons. The van der Waals surface area contributed by atoms with Crippen LogP contribution in [-0.2, 0) is 0 Å². The average Bonchev–Trinajstić information content (AvgIpc) is 2.30. The summed E-state index contributed by atoms with van der Waals surface area (Å²) in [6.45, 7) is 2.27. The van der Waals surface area contributed by atoms with Crippen LogP contribution in [0.3, 0.4) is 0 Å². The zero-order valence-electron chi connectivity index (χ0n) is 11.6. The number of hydrogen-bond acceptors (Lipinski definition) is 1. The molecule has 0 aliphatic heterocycles. The SMILES string of the molecule is CCCCCCCCCCCCCCC(O)Br. The maximum Gasteiger partial charge on any atom is 0.109 e. The highest BCUT2D eigenvalue weighted by Crippen LogP contribution is 2.13. The Labute approximate surface area is 117 Å². The van der Waals surface area contributed by atoms with Crippen LogP contribution in [-0.4, -0.2) is 10.1 Å². The summed E-state index contributed by atoms with van der Waals surface area (Å²) < 4.78 is 0. The molecule has 0 fully saturated rings. The topological polar surface area (TPSA) is 20.2 Å². The number of hydrogen-bond donors (Lipinski definition) is 1. The Bertz CT molecular complexity index is 137. The van der Waals surface area contributed by atoms with E-state index in [2.05, 4.69) is 22.9 Å². The van der Waals surface area contributed by atoms with Crippen LogP contribution in [0.1, 0.15) is 90.4 Å². The Balaban J connectivity index is 2.89. The van der Waals surface area contributed by atoms with Gasteiger partial charge in [-0.1, -0.05) is 93.5 Å². The number of unbranched alkanes of at least 4 members (excludes halogenated alkanes) is 11. The number of aliphatic hydroxyl groups is 1. The first-order valence-corrected chi connectivity index (χ1v) is 8.51. The van der Waals surface area contributed by atoms with Gasteiger partial charge < -0.3 is 5.11 Å². The van der Waals surface area contributed by atoms with Gasteiger partial charge in [0.25, 0.3) is 0 Å². The first-order chi connectivity index (χ1) is 8.27. The second kappa shape index (κ2) is 14.5. The molecule has 0 spiro atoms. The smallest absolute Gasteiger partial charge is 0.109 e. The maximum absolute atomic E-state index is 9.03. The molecule has 0 rings (SSSR count). The van der Waals surface area contributed by atoms with Crippen molar-refractivity contribution in [3.05, 3.63) is 0 Å². The monoisotopic (exact) mass is 306 g/mol. The summed E-state index contributed by atoms with van der Waals surface area (Å²) in [5.74, 6) is 0. The van der Waals surface area contributed by atoms with Crippen molar-refractivity contribution in [1.82, 2.24) is 0 Å². The molecule has 1 unspecified atom stereocenters. The van der Waals surface area contributed by atoms with E-state index in [-0.39, 0.29) is 5.01 Å².